The van der Waals surface area contributed by atoms with E-state index >= 15 is 0 Å². The standard InChI is InChI=1S/C16H26N2O2/c1-15(2,3)12-13(19)17-16(4,11-7-8-11)14(20)18(12)9-10-5-6-10/h10-12H,5-9H2,1-4H3,(H,17,19). The van der Waals surface area contributed by atoms with E-state index in [2.05, 4.69) is 5.32 Å². The molecule has 4 nitrogen and oxygen atoms in total. The first-order valence-electron chi connectivity index (χ1n) is 7.86. The highest BCUT2D eigenvalue weighted by Crippen LogP contribution is 2.44. The summed E-state index contributed by atoms with van der Waals surface area (Å²) in [6.45, 7) is 8.82. The van der Waals surface area contributed by atoms with E-state index in [1.54, 1.807) is 0 Å². The van der Waals surface area contributed by atoms with Gasteiger partial charge in [0.25, 0.3) is 0 Å². The number of hydrogen-bond acceptors (Lipinski definition) is 2. The maximum atomic E-state index is 13.0. The molecule has 1 heterocycles. The van der Waals surface area contributed by atoms with Crippen molar-refractivity contribution < 1.29 is 9.59 Å². The Labute approximate surface area is 121 Å². The number of hydrogen-bond donors (Lipinski definition) is 1. The van der Waals surface area contributed by atoms with Crippen molar-refractivity contribution in [1.29, 1.82) is 0 Å². The van der Waals surface area contributed by atoms with Crippen LogP contribution in [0.2, 0.25) is 0 Å². The highest BCUT2D eigenvalue weighted by atomic mass is 16.2. The van der Waals surface area contributed by atoms with Gasteiger partial charge in [0, 0.05) is 6.54 Å². The molecule has 0 radical (unpaired) electrons. The molecular weight excluding hydrogens is 252 g/mol. The second-order valence-electron chi connectivity index (χ2n) is 8.14. The molecule has 4 heteroatoms. The van der Waals surface area contributed by atoms with Crippen LogP contribution in [-0.4, -0.2) is 34.8 Å². The molecule has 0 aromatic carbocycles. The quantitative estimate of drug-likeness (QED) is 0.857. The molecule has 3 rings (SSSR count). The number of rotatable bonds is 3. The normalized spacial score (nSPS) is 35.2. The van der Waals surface area contributed by atoms with E-state index in [-0.39, 0.29) is 23.3 Å². The fraction of sp³-hybridized carbons (Fsp3) is 0.875. The maximum Gasteiger partial charge on any atom is 0.249 e. The molecule has 2 atom stereocenters. The Morgan fingerprint density at radius 2 is 1.80 bits per heavy atom. The molecule has 112 valence electrons. The Balaban J connectivity index is 1.91. The molecule has 3 fully saturated rings. The van der Waals surface area contributed by atoms with Gasteiger partial charge in [0.2, 0.25) is 11.8 Å². The van der Waals surface area contributed by atoms with Crippen LogP contribution in [0.15, 0.2) is 0 Å². The first-order valence-corrected chi connectivity index (χ1v) is 7.86. The van der Waals surface area contributed by atoms with E-state index < -0.39 is 5.54 Å². The van der Waals surface area contributed by atoms with Gasteiger partial charge in [-0.05, 0) is 49.9 Å². The summed E-state index contributed by atoms with van der Waals surface area (Å²) in [7, 11) is 0. The minimum Gasteiger partial charge on any atom is -0.340 e. The van der Waals surface area contributed by atoms with Crippen LogP contribution in [0.5, 0.6) is 0 Å². The fourth-order valence-corrected chi connectivity index (χ4v) is 3.50. The third kappa shape index (κ3) is 2.23. The van der Waals surface area contributed by atoms with Crippen LogP contribution in [0.25, 0.3) is 0 Å². The predicted molar refractivity (Wildman–Crippen MR) is 77.0 cm³/mol. The molecular formula is C16H26N2O2. The van der Waals surface area contributed by atoms with E-state index in [1.807, 2.05) is 32.6 Å². The van der Waals surface area contributed by atoms with Crippen molar-refractivity contribution in [2.45, 2.75) is 65.0 Å². The van der Waals surface area contributed by atoms with Crippen molar-refractivity contribution in [1.82, 2.24) is 10.2 Å². The summed E-state index contributed by atoms with van der Waals surface area (Å²) in [6.07, 6.45) is 4.50. The van der Waals surface area contributed by atoms with Crippen LogP contribution < -0.4 is 5.32 Å². The van der Waals surface area contributed by atoms with Gasteiger partial charge in [-0.1, -0.05) is 20.8 Å². The molecule has 3 aliphatic rings. The summed E-state index contributed by atoms with van der Waals surface area (Å²) in [4.78, 5) is 27.5. The molecule has 1 aliphatic heterocycles. The average Bonchev–Trinajstić information content (AvgIpc) is 3.14. The summed E-state index contributed by atoms with van der Waals surface area (Å²) in [5.41, 5.74) is -0.882. The zero-order valence-electron chi connectivity index (χ0n) is 13.0. The van der Waals surface area contributed by atoms with Gasteiger partial charge in [0.1, 0.15) is 11.6 Å². The number of nitrogens with zero attached hydrogens (tertiary/aromatic N) is 1. The van der Waals surface area contributed by atoms with E-state index in [4.69, 9.17) is 0 Å². The number of amides is 2. The molecule has 1 N–H and O–H groups in total. The number of piperazine rings is 1. The highest BCUT2D eigenvalue weighted by Gasteiger charge is 2.57. The zero-order valence-corrected chi connectivity index (χ0v) is 13.0. The molecule has 0 aromatic heterocycles. The van der Waals surface area contributed by atoms with Crippen molar-refractivity contribution in [2.75, 3.05) is 6.54 Å². The lowest BCUT2D eigenvalue weighted by molar-refractivity contribution is -0.160. The van der Waals surface area contributed by atoms with Crippen LogP contribution in [-0.2, 0) is 9.59 Å². The number of carbonyl (C=O) groups is 2. The van der Waals surface area contributed by atoms with Crippen molar-refractivity contribution >= 4 is 11.8 Å². The van der Waals surface area contributed by atoms with Crippen molar-refractivity contribution in [3.8, 4) is 0 Å². The molecule has 20 heavy (non-hydrogen) atoms. The van der Waals surface area contributed by atoms with Crippen LogP contribution >= 0.6 is 0 Å². The Morgan fingerprint density at radius 1 is 1.20 bits per heavy atom. The van der Waals surface area contributed by atoms with Gasteiger partial charge in [0.05, 0.1) is 0 Å². The maximum absolute atomic E-state index is 13.0. The molecule has 2 amide bonds. The van der Waals surface area contributed by atoms with Gasteiger partial charge in [-0.2, -0.15) is 0 Å². The van der Waals surface area contributed by atoms with Gasteiger partial charge >= 0.3 is 0 Å². The fourth-order valence-electron chi connectivity index (χ4n) is 3.50. The van der Waals surface area contributed by atoms with Gasteiger partial charge in [-0.25, -0.2) is 0 Å². The molecule has 0 aromatic rings. The highest BCUT2D eigenvalue weighted by molar-refractivity contribution is 6.00. The molecule has 2 aliphatic carbocycles. The van der Waals surface area contributed by atoms with E-state index in [9.17, 15) is 9.59 Å². The largest absolute Gasteiger partial charge is 0.340 e. The molecule has 0 spiro atoms. The summed E-state index contributed by atoms with van der Waals surface area (Å²) in [5, 5.41) is 3.05. The van der Waals surface area contributed by atoms with Crippen LogP contribution in [0.4, 0.5) is 0 Å². The van der Waals surface area contributed by atoms with Gasteiger partial charge < -0.3 is 10.2 Å². The third-order valence-corrected chi connectivity index (χ3v) is 5.01. The summed E-state index contributed by atoms with van der Waals surface area (Å²) in [5.74, 6) is 1.12. The van der Waals surface area contributed by atoms with Crippen molar-refractivity contribution in [3.05, 3.63) is 0 Å². The first-order chi connectivity index (χ1) is 9.23. The third-order valence-electron chi connectivity index (χ3n) is 5.01. The SMILES string of the molecule is CC(C)(C)C1C(=O)NC(C)(C2CC2)C(=O)N1CC1CC1. The smallest absolute Gasteiger partial charge is 0.249 e. The van der Waals surface area contributed by atoms with Crippen LogP contribution in [0, 0.1) is 17.3 Å². The lowest BCUT2D eigenvalue weighted by Gasteiger charge is -2.49. The Bertz CT molecular complexity index is 446. The minimum absolute atomic E-state index is 0.0344. The minimum atomic E-state index is -0.659. The zero-order chi connectivity index (χ0) is 14.7. The summed E-state index contributed by atoms with van der Waals surface area (Å²) < 4.78 is 0. The van der Waals surface area contributed by atoms with Gasteiger partial charge in [-0.15, -0.1) is 0 Å². The molecule has 2 saturated carbocycles. The monoisotopic (exact) mass is 278 g/mol. The van der Waals surface area contributed by atoms with E-state index in [0.29, 0.717) is 11.8 Å². The lowest BCUT2D eigenvalue weighted by Crippen LogP contribution is -2.72. The Hall–Kier alpha value is -1.06. The lowest BCUT2D eigenvalue weighted by atomic mass is 9.79. The molecule has 1 saturated heterocycles. The van der Waals surface area contributed by atoms with Crippen LogP contribution in [0.3, 0.4) is 0 Å². The van der Waals surface area contributed by atoms with E-state index in [1.165, 1.54) is 12.8 Å². The van der Waals surface area contributed by atoms with Crippen LogP contribution in [0.1, 0.15) is 53.4 Å². The second-order valence-corrected chi connectivity index (χ2v) is 8.14. The topological polar surface area (TPSA) is 49.4 Å². The summed E-state index contributed by atoms with van der Waals surface area (Å²) in [6, 6.07) is -0.331. The number of nitrogens with one attached hydrogen (secondary N) is 1. The predicted octanol–water partition coefficient (Wildman–Crippen LogP) is 1.94. The number of carbonyl (C=O) groups excluding carboxylic acids is 2. The van der Waals surface area contributed by atoms with Crippen molar-refractivity contribution in [3.63, 3.8) is 0 Å². The first kappa shape index (κ1) is 13.9. The van der Waals surface area contributed by atoms with E-state index in [0.717, 1.165) is 19.4 Å². The molecule has 0 bridgehead atoms. The van der Waals surface area contributed by atoms with Crippen molar-refractivity contribution in [2.24, 2.45) is 17.3 Å². The van der Waals surface area contributed by atoms with Gasteiger partial charge in [0.15, 0.2) is 0 Å². The molecule has 2 unspecified atom stereocenters. The van der Waals surface area contributed by atoms with Gasteiger partial charge in [-0.3, -0.25) is 9.59 Å². The average molecular weight is 278 g/mol. The Kier molecular flexibility index (Phi) is 2.93. The second kappa shape index (κ2) is 4.22. The summed E-state index contributed by atoms with van der Waals surface area (Å²) >= 11 is 0. The Morgan fingerprint density at radius 3 is 2.25 bits per heavy atom.